The van der Waals surface area contributed by atoms with Crippen molar-refractivity contribution >= 4 is 39.3 Å². The Morgan fingerprint density at radius 1 is 1.14 bits per heavy atom. The van der Waals surface area contributed by atoms with E-state index >= 15 is 0 Å². The monoisotopic (exact) mass is 482 g/mol. The standard InChI is InChI=1S/C22H25BrClFN2O2/c1-14(2)12-26-22(29)15(3)27(13-16-7-9-17(23)10-8-16)21(28)11-18-19(24)5-4-6-20(18)25/h4-10,14-15H,11-13H2,1-3H3,(H,26,29)/t15-/m0/s1. The highest BCUT2D eigenvalue weighted by Crippen LogP contribution is 2.22. The Hall–Kier alpha value is -1.92. The lowest BCUT2D eigenvalue weighted by molar-refractivity contribution is -0.140. The molecule has 29 heavy (non-hydrogen) atoms. The molecule has 0 aliphatic heterocycles. The summed E-state index contributed by atoms with van der Waals surface area (Å²) in [5.41, 5.74) is 0.999. The van der Waals surface area contributed by atoms with Crippen molar-refractivity contribution in [3.63, 3.8) is 0 Å². The third-order valence-corrected chi connectivity index (χ3v) is 5.39. The van der Waals surface area contributed by atoms with Crippen molar-refractivity contribution in [2.45, 2.75) is 39.8 Å². The average Bonchev–Trinajstić information content (AvgIpc) is 2.67. The van der Waals surface area contributed by atoms with Gasteiger partial charge < -0.3 is 10.2 Å². The number of carbonyl (C=O) groups is 2. The zero-order chi connectivity index (χ0) is 21.6. The average molecular weight is 484 g/mol. The van der Waals surface area contributed by atoms with Crippen LogP contribution in [0.4, 0.5) is 4.39 Å². The van der Waals surface area contributed by atoms with Gasteiger partial charge in [-0.2, -0.15) is 0 Å². The molecule has 2 aromatic carbocycles. The molecule has 2 rings (SSSR count). The first-order valence-corrected chi connectivity index (χ1v) is 10.6. The zero-order valence-electron chi connectivity index (χ0n) is 16.7. The predicted molar refractivity (Wildman–Crippen MR) is 117 cm³/mol. The van der Waals surface area contributed by atoms with Gasteiger partial charge in [-0.05, 0) is 42.7 Å². The minimum Gasteiger partial charge on any atom is -0.354 e. The van der Waals surface area contributed by atoms with Crippen molar-refractivity contribution in [2.24, 2.45) is 5.92 Å². The molecule has 2 amide bonds. The lowest BCUT2D eigenvalue weighted by Gasteiger charge is -2.29. The molecule has 0 aliphatic rings. The van der Waals surface area contributed by atoms with E-state index in [1.807, 2.05) is 38.1 Å². The van der Waals surface area contributed by atoms with Crippen molar-refractivity contribution in [3.05, 3.63) is 68.9 Å². The molecule has 0 saturated carbocycles. The fourth-order valence-corrected chi connectivity index (χ4v) is 3.27. The lowest BCUT2D eigenvalue weighted by atomic mass is 10.1. The molecule has 0 aliphatic carbocycles. The fourth-order valence-electron chi connectivity index (χ4n) is 2.78. The van der Waals surface area contributed by atoms with E-state index in [1.54, 1.807) is 13.0 Å². The van der Waals surface area contributed by atoms with Crippen molar-refractivity contribution in [3.8, 4) is 0 Å². The fraction of sp³-hybridized carbons (Fsp3) is 0.364. The van der Waals surface area contributed by atoms with Gasteiger partial charge in [0, 0.05) is 28.1 Å². The van der Waals surface area contributed by atoms with E-state index in [0.717, 1.165) is 10.0 Å². The maximum absolute atomic E-state index is 14.2. The van der Waals surface area contributed by atoms with Gasteiger partial charge in [-0.25, -0.2) is 4.39 Å². The highest BCUT2D eigenvalue weighted by Gasteiger charge is 2.27. The van der Waals surface area contributed by atoms with E-state index in [4.69, 9.17) is 11.6 Å². The minimum absolute atomic E-state index is 0.134. The van der Waals surface area contributed by atoms with Gasteiger partial charge in [-0.15, -0.1) is 0 Å². The van der Waals surface area contributed by atoms with Crippen LogP contribution < -0.4 is 5.32 Å². The zero-order valence-corrected chi connectivity index (χ0v) is 19.1. The summed E-state index contributed by atoms with van der Waals surface area (Å²) in [7, 11) is 0. The number of hydrogen-bond acceptors (Lipinski definition) is 2. The van der Waals surface area contributed by atoms with Crippen molar-refractivity contribution < 1.29 is 14.0 Å². The van der Waals surface area contributed by atoms with Crippen molar-refractivity contribution in [2.75, 3.05) is 6.54 Å². The van der Waals surface area contributed by atoms with Crippen LogP contribution in [0.3, 0.4) is 0 Å². The molecule has 7 heteroatoms. The van der Waals surface area contributed by atoms with Crippen LogP contribution in [-0.4, -0.2) is 29.3 Å². The highest BCUT2D eigenvalue weighted by atomic mass is 79.9. The first-order valence-electron chi connectivity index (χ1n) is 9.43. The summed E-state index contributed by atoms with van der Waals surface area (Å²) in [6.07, 6.45) is -0.218. The van der Waals surface area contributed by atoms with Crippen LogP contribution in [-0.2, 0) is 22.6 Å². The molecule has 1 N–H and O–H groups in total. The van der Waals surface area contributed by atoms with E-state index in [2.05, 4.69) is 21.2 Å². The van der Waals surface area contributed by atoms with Crippen molar-refractivity contribution in [1.82, 2.24) is 10.2 Å². The number of halogens is 3. The van der Waals surface area contributed by atoms with Crippen molar-refractivity contribution in [1.29, 1.82) is 0 Å². The highest BCUT2D eigenvalue weighted by molar-refractivity contribution is 9.10. The Morgan fingerprint density at radius 3 is 2.38 bits per heavy atom. The van der Waals surface area contributed by atoms with Gasteiger partial charge >= 0.3 is 0 Å². The summed E-state index contributed by atoms with van der Waals surface area (Å²) in [5.74, 6) is -0.860. The van der Waals surface area contributed by atoms with Crippen LogP contribution in [0.2, 0.25) is 5.02 Å². The molecule has 0 unspecified atom stereocenters. The van der Waals surface area contributed by atoms with E-state index in [0.29, 0.717) is 12.5 Å². The molecule has 0 radical (unpaired) electrons. The van der Waals surface area contributed by atoms with Crippen LogP contribution in [0.15, 0.2) is 46.9 Å². The first kappa shape index (κ1) is 23.4. The van der Waals surface area contributed by atoms with Gasteiger partial charge in [0.25, 0.3) is 0 Å². The summed E-state index contributed by atoms with van der Waals surface area (Å²) in [4.78, 5) is 27.2. The molecule has 156 valence electrons. The van der Waals surface area contributed by atoms with E-state index in [9.17, 15) is 14.0 Å². The summed E-state index contributed by atoms with van der Waals surface area (Å²) in [5, 5.41) is 3.05. The predicted octanol–water partition coefficient (Wildman–Crippen LogP) is 4.97. The number of benzene rings is 2. The quantitative estimate of drug-likeness (QED) is 0.576. The third-order valence-electron chi connectivity index (χ3n) is 4.51. The Balaban J connectivity index is 2.26. The van der Waals surface area contributed by atoms with Gasteiger partial charge in [0.1, 0.15) is 11.9 Å². The Labute approximate surface area is 184 Å². The topological polar surface area (TPSA) is 49.4 Å². The summed E-state index contributed by atoms with van der Waals surface area (Å²) in [6.45, 7) is 6.41. The second kappa shape index (κ2) is 10.7. The SMILES string of the molecule is CC(C)CNC(=O)[C@H](C)N(Cc1ccc(Br)cc1)C(=O)Cc1c(F)cccc1Cl. The molecular formula is C22H25BrClFN2O2. The minimum atomic E-state index is -0.713. The molecular weight excluding hydrogens is 459 g/mol. The largest absolute Gasteiger partial charge is 0.354 e. The summed E-state index contributed by atoms with van der Waals surface area (Å²) >= 11 is 9.47. The number of amides is 2. The molecule has 0 fully saturated rings. The second-order valence-electron chi connectivity index (χ2n) is 7.34. The Bertz CT molecular complexity index is 838. The molecule has 2 aromatic rings. The third kappa shape index (κ3) is 6.82. The van der Waals surface area contributed by atoms with Gasteiger partial charge in [0.2, 0.25) is 11.8 Å². The van der Waals surface area contributed by atoms with Gasteiger partial charge in [0.05, 0.1) is 6.42 Å². The Kier molecular flexibility index (Phi) is 8.65. The maximum Gasteiger partial charge on any atom is 0.242 e. The smallest absolute Gasteiger partial charge is 0.242 e. The molecule has 0 heterocycles. The molecule has 0 spiro atoms. The first-order chi connectivity index (χ1) is 13.7. The molecule has 0 bridgehead atoms. The number of nitrogens with one attached hydrogen (secondary N) is 1. The van der Waals surface area contributed by atoms with Crippen LogP contribution in [0.1, 0.15) is 31.9 Å². The number of rotatable bonds is 8. The molecule has 1 atom stereocenters. The Morgan fingerprint density at radius 2 is 1.79 bits per heavy atom. The van der Waals surface area contributed by atoms with E-state index < -0.39 is 11.9 Å². The van der Waals surface area contributed by atoms with Crippen LogP contribution in [0, 0.1) is 11.7 Å². The normalized spacial score (nSPS) is 12.0. The maximum atomic E-state index is 14.2. The lowest BCUT2D eigenvalue weighted by Crippen LogP contribution is -2.48. The van der Waals surface area contributed by atoms with Gasteiger partial charge in [-0.3, -0.25) is 9.59 Å². The van der Waals surface area contributed by atoms with Crippen LogP contribution >= 0.6 is 27.5 Å². The summed E-state index contributed by atoms with van der Waals surface area (Å²) in [6, 6.07) is 11.1. The van der Waals surface area contributed by atoms with E-state index in [-0.39, 0.29) is 35.4 Å². The number of nitrogens with zero attached hydrogens (tertiary/aromatic N) is 1. The summed E-state index contributed by atoms with van der Waals surface area (Å²) < 4.78 is 15.1. The molecule has 0 aromatic heterocycles. The second-order valence-corrected chi connectivity index (χ2v) is 8.66. The molecule has 4 nitrogen and oxygen atoms in total. The van der Waals surface area contributed by atoms with Crippen LogP contribution in [0.25, 0.3) is 0 Å². The number of carbonyl (C=O) groups excluding carboxylic acids is 2. The molecule has 0 saturated heterocycles. The van der Waals surface area contributed by atoms with Gasteiger partial charge in [0.15, 0.2) is 0 Å². The van der Waals surface area contributed by atoms with Gasteiger partial charge in [-0.1, -0.05) is 59.6 Å². The van der Waals surface area contributed by atoms with Crippen LogP contribution in [0.5, 0.6) is 0 Å². The number of hydrogen-bond donors (Lipinski definition) is 1. The van der Waals surface area contributed by atoms with E-state index in [1.165, 1.54) is 17.0 Å².